The van der Waals surface area contributed by atoms with E-state index in [1.807, 2.05) is 12.1 Å². The number of methoxy groups -OCH3 is 1. The number of carbonyl (C=O) groups excluding carboxylic acids is 2. The van der Waals surface area contributed by atoms with E-state index >= 15 is 0 Å². The van der Waals surface area contributed by atoms with Gasteiger partial charge >= 0.3 is 5.97 Å². The van der Waals surface area contributed by atoms with Crippen molar-refractivity contribution in [1.82, 2.24) is 10.3 Å². The summed E-state index contributed by atoms with van der Waals surface area (Å²) in [5, 5.41) is 3.57. The molecule has 3 rings (SSSR count). The zero-order chi connectivity index (χ0) is 20.1. The molecule has 1 aliphatic rings. The van der Waals surface area contributed by atoms with Crippen LogP contribution in [0.25, 0.3) is 11.3 Å². The number of nitrogens with zero attached hydrogens (tertiary/aromatic N) is 1. The molecule has 1 amide bonds. The van der Waals surface area contributed by atoms with Crippen LogP contribution in [0, 0.1) is 5.92 Å². The highest BCUT2D eigenvalue weighted by molar-refractivity contribution is 6.30. The number of benzene rings is 1. The Morgan fingerprint density at radius 2 is 1.96 bits per heavy atom. The highest BCUT2D eigenvalue weighted by atomic mass is 35.5. The maximum absolute atomic E-state index is 12.5. The molecule has 28 heavy (non-hydrogen) atoms. The van der Waals surface area contributed by atoms with Gasteiger partial charge in [0.25, 0.3) is 0 Å². The van der Waals surface area contributed by atoms with Crippen LogP contribution in [0.5, 0.6) is 0 Å². The molecule has 0 bridgehead atoms. The van der Waals surface area contributed by atoms with Crippen LogP contribution in [-0.2, 0) is 20.7 Å². The molecular weight excluding hydrogens is 380 g/mol. The summed E-state index contributed by atoms with van der Waals surface area (Å²) in [6.45, 7) is 2.16. The molecule has 7 heteroatoms. The zero-order valence-corrected chi connectivity index (χ0v) is 16.9. The van der Waals surface area contributed by atoms with Gasteiger partial charge < -0.3 is 14.5 Å². The summed E-state index contributed by atoms with van der Waals surface area (Å²) in [7, 11) is 1.36. The molecule has 0 saturated heterocycles. The van der Waals surface area contributed by atoms with Gasteiger partial charge in [-0.25, -0.2) is 9.78 Å². The Morgan fingerprint density at radius 3 is 2.61 bits per heavy atom. The number of halogens is 1. The van der Waals surface area contributed by atoms with Crippen LogP contribution in [0.3, 0.4) is 0 Å². The first-order chi connectivity index (χ1) is 13.4. The quantitative estimate of drug-likeness (QED) is 0.731. The molecule has 1 heterocycles. The number of esters is 1. The minimum Gasteiger partial charge on any atom is -0.467 e. The molecule has 1 saturated carbocycles. The number of oxazole rings is 1. The van der Waals surface area contributed by atoms with Crippen molar-refractivity contribution in [3.05, 3.63) is 41.4 Å². The van der Waals surface area contributed by atoms with E-state index < -0.39 is 5.54 Å². The molecule has 1 aromatic carbocycles. The third-order valence-electron chi connectivity index (χ3n) is 5.33. The number of hydrogen-bond donors (Lipinski definition) is 1. The predicted molar refractivity (Wildman–Crippen MR) is 106 cm³/mol. The summed E-state index contributed by atoms with van der Waals surface area (Å²) in [5.41, 5.74) is -0.0442. The second-order valence-electron chi connectivity index (χ2n) is 7.43. The van der Waals surface area contributed by atoms with Crippen molar-refractivity contribution in [2.45, 2.75) is 51.0 Å². The number of amides is 1. The Bertz CT molecular complexity index is 823. The number of hydrogen-bond acceptors (Lipinski definition) is 5. The third kappa shape index (κ3) is 4.73. The van der Waals surface area contributed by atoms with E-state index in [1.165, 1.54) is 7.11 Å². The Labute approximate surface area is 169 Å². The normalized spacial score (nSPS) is 21.9. The number of aryl methyl sites for hydroxylation is 1. The maximum Gasteiger partial charge on any atom is 0.331 e. The van der Waals surface area contributed by atoms with E-state index in [-0.39, 0.29) is 18.3 Å². The number of carbonyl (C=O) groups is 2. The smallest absolute Gasteiger partial charge is 0.331 e. The van der Waals surface area contributed by atoms with E-state index in [0.717, 1.165) is 18.4 Å². The van der Waals surface area contributed by atoms with E-state index in [9.17, 15) is 9.59 Å². The molecule has 1 fully saturated rings. The molecule has 0 atom stereocenters. The fourth-order valence-corrected chi connectivity index (χ4v) is 3.68. The summed E-state index contributed by atoms with van der Waals surface area (Å²) >= 11 is 5.90. The van der Waals surface area contributed by atoms with Gasteiger partial charge in [0.05, 0.1) is 13.3 Å². The second-order valence-corrected chi connectivity index (χ2v) is 7.87. The first kappa shape index (κ1) is 20.4. The van der Waals surface area contributed by atoms with Crippen molar-refractivity contribution in [3.8, 4) is 11.3 Å². The van der Waals surface area contributed by atoms with Crippen LogP contribution < -0.4 is 5.32 Å². The van der Waals surface area contributed by atoms with Crippen LogP contribution in [0.4, 0.5) is 0 Å². The van der Waals surface area contributed by atoms with Gasteiger partial charge in [-0.3, -0.25) is 4.79 Å². The lowest BCUT2D eigenvalue weighted by molar-refractivity contribution is -0.153. The van der Waals surface area contributed by atoms with Gasteiger partial charge in [0.1, 0.15) is 5.54 Å². The molecule has 2 aromatic rings. The first-order valence-corrected chi connectivity index (χ1v) is 9.90. The topological polar surface area (TPSA) is 81.4 Å². The summed E-state index contributed by atoms with van der Waals surface area (Å²) in [6, 6.07) is 7.26. The fraction of sp³-hybridized carbons (Fsp3) is 0.476. The van der Waals surface area contributed by atoms with Gasteiger partial charge in [-0.15, -0.1) is 0 Å². The highest BCUT2D eigenvalue weighted by Crippen LogP contribution is 2.33. The van der Waals surface area contributed by atoms with Crippen molar-refractivity contribution < 1.29 is 18.7 Å². The number of aromatic nitrogens is 1. The molecule has 6 nitrogen and oxygen atoms in total. The minimum absolute atomic E-state index is 0.189. The summed E-state index contributed by atoms with van der Waals surface area (Å²) in [6.07, 6.45) is 5.16. The highest BCUT2D eigenvalue weighted by Gasteiger charge is 2.43. The van der Waals surface area contributed by atoms with E-state index in [1.54, 1.807) is 18.3 Å². The number of rotatable bonds is 6. The Hall–Kier alpha value is -2.34. The molecule has 1 aliphatic carbocycles. The third-order valence-corrected chi connectivity index (χ3v) is 5.58. The van der Waals surface area contributed by atoms with Gasteiger partial charge in [-0.05, 0) is 55.9 Å². The molecule has 0 aliphatic heterocycles. The molecule has 0 unspecified atom stereocenters. The lowest BCUT2D eigenvalue weighted by Crippen LogP contribution is -2.56. The summed E-state index contributed by atoms with van der Waals surface area (Å²) < 4.78 is 10.7. The molecular formula is C21H25ClN2O4. The summed E-state index contributed by atoms with van der Waals surface area (Å²) in [5.74, 6) is 1.08. The monoisotopic (exact) mass is 404 g/mol. The van der Waals surface area contributed by atoms with Crippen LogP contribution >= 0.6 is 11.6 Å². The largest absolute Gasteiger partial charge is 0.467 e. The lowest BCUT2D eigenvalue weighted by Gasteiger charge is -2.37. The first-order valence-electron chi connectivity index (χ1n) is 9.52. The van der Waals surface area contributed by atoms with Gasteiger partial charge in [0, 0.05) is 23.4 Å². The van der Waals surface area contributed by atoms with Crippen molar-refractivity contribution in [2.24, 2.45) is 5.92 Å². The second kappa shape index (κ2) is 8.78. The van der Waals surface area contributed by atoms with Crippen LogP contribution in [0.15, 0.2) is 34.9 Å². The molecule has 150 valence electrons. The lowest BCUT2D eigenvalue weighted by atomic mass is 9.77. The van der Waals surface area contributed by atoms with Crippen LogP contribution in [0.1, 0.15) is 44.9 Å². The molecule has 0 radical (unpaired) electrons. The van der Waals surface area contributed by atoms with Gasteiger partial charge in [-0.1, -0.05) is 18.5 Å². The molecule has 1 N–H and O–H groups in total. The minimum atomic E-state index is -0.913. The Morgan fingerprint density at radius 1 is 1.29 bits per heavy atom. The standard InChI is InChI=1S/C21H25ClN2O4/c1-14-9-11-21(12-10-14,20(26)27-2)24-18(25)7-8-19-23-13-17(28-19)15-3-5-16(22)6-4-15/h3-6,13-14H,7-12H2,1-2H3,(H,24,25). The van der Waals surface area contributed by atoms with Crippen molar-refractivity contribution in [3.63, 3.8) is 0 Å². The van der Waals surface area contributed by atoms with Gasteiger partial charge in [0.2, 0.25) is 5.91 Å². The van der Waals surface area contributed by atoms with E-state index in [2.05, 4.69) is 17.2 Å². The predicted octanol–water partition coefficient (Wildman–Crippen LogP) is 4.17. The molecule has 0 spiro atoms. The fourth-order valence-electron chi connectivity index (χ4n) is 3.55. The van der Waals surface area contributed by atoms with Crippen molar-refractivity contribution >= 4 is 23.5 Å². The van der Waals surface area contributed by atoms with Crippen molar-refractivity contribution in [1.29, 1.82) is 0 Å². The number of nitrogens with one attached hydrogen (secondary N) is 1. The zero-order valence-electron chi connectivity index (χ0n) is 16.2. The van der Waals surface area contributed by atoms with Crippen molar-refractivity contribution in [2.75, 3.05) is 7.11 Å². The SMILES string of the molecule is COC(=O)C1(NC(=O)CCc2ncc(-c3ccc(Cl)cc3)o2)CCC(C)CC1. The van der Waals surface area contributed by atoms with E-state index in [0.29, 0.717) is 41.9 Å². The Balaban J connectivity index is 1.59. The Kier molecular flexibility index (Phi) is 6.39. The average Bonchev–Trinajstić information content (AvgIpc) is 3.17. The molecule has 1 aromatic heterocycles. The van der Waals surface area contributed by atoms with Crippen LogP contribution in [0.2, 0.25) is 5.02 Å². The average molecular weight is 405 g/mol. The van der Waals surface area contributed by atoms with Crippen LogP contribution in [-0.4, -0.2) is 29.5 Å². The van der Waals surface area contributed by atoms with E-state index in [4.69, 9.17) is 20.8 Å². The maximum atomic E-state index is 12.5. The van der Waals surface area contributed by atoms with Gasteiger partial charge in [-0.2, -0.15) is 0 Å². The summed E-state index contributed by atoms with van der Waals surface area (Å²) in [4.78, 5) is 29.1. The number of ether oxygens (including phenoxy) is 1. The van der Waals surface area contributed by atoms with Gasteiger partial charge in [0.15, 0.2) is 11.7 Å².